The van der Waals surface area contributed by atoms with Crippen molar-refractivity contribution in [1.82, 2.24) is 0 Å². The Balaban J connectivity index is 2.22. The third-order valence-electron chi connectivity index (χ3n) is 2.31. The minimum Gasteiger partial charge on any atom is -0.508 e. The van der Waals surface area contributed by atoms with Crippen molar-refractivity contribution >= 4 is 23.2 Å². The second-order valence-electron chi connectivity index (χ2n) is 3.67. The molecule has 0 bridgehead atoms. The maximum atomic E-state index is 11.9. The SMILES string of the molecule is O=C(Nc1cccc(Cl)c1)c1ccc(O)cc1O. The molecule has 92 valence electrons. The fraction of sp³-hybridized carbons (Fsp3) is 0. The van der Waals surface area contributed by atoms with E-state index in [1.807, 2.05) is 0 Å². The molecule has 0 saturated heterocycles. The predicted molar refractivity (Wildman–Crippen MR) is 69.2 cm³/mol. The van der Waals surface area contributed by atoms with Gasteiger partial charge in [0.25, 0.3) is 5.91 Å². The van der Waals surface area contributed by atoms with Gasteiger partial charge in [0.15, 0.2) is 0 Å². The fourth-order valence-electron chi connectivity index (χ4n) is 1.48. The molecule has 0 fully saturated rings. The van der Waals surface area contributed by atoms with E-state index in [4.69, 9.17) is 16.7 Å². The quantitative estimate of drug-likeness (QED) is 0.780. The zero-order chi connectivity index (χ0) is 13.1. The topological polar surface area (TPSA) is 69.6 Å². The molecule has 0 saturated carbocycles. The summed E-state index contributed by atoms with van der Waals surface area (Å²) in [6.07, 6.45) is 0. The predicted octanol–water partition coefficient (Wildman–Crippen LogP) is 3.00. The maximum Gasteiger partial charge on any atom is 0.259 e. The van der Waals surface area contributed by atoms with Gasteiger partial charge in [0, 0.05) is 16.8 Å². The van der Waals surface area contributed by atoms with Crippen LogP contribution in [-0.2, 0) is 0 Å². The van der Waals surface area contributed by atoms with Gasteiger partial charge < -0.3 is 15.5 Å². The number of hydrogen-bond donors (Lipinski definition) is 3. The Morgan fingerprint density at radius 1 is 1.11 bits per heavy atom. The number of carbonyl (C=O) groups is 1. The molecule has 0 aromatic heterocycles. The lowest BCUT2D eigenvalue weighted by Crippen LogP contribution is -2.11. The summed E-state index contributed by atoms with van der Waals surface area (Å²) in [5.41, 5.74) is 0.604. The molecule has 0 heterocycles. The average Bonchev–Trinajstić information content (AvgIpc) is 2.28. The van der Waals surface area contributed by atoms with Crippen LogP contribution >= 0.6 is 11.6 Å². The minimum absolute atomic E-state index is 0.0766. The standard InChI is InChI=1S/C13H10ClNO3/c14-8-2-1-3-9(6-8)15-13(18)11-5-4-10(16)7-12(11)17/h1-7,16-17H,(H,15,18). The van der Waals surface area contributed by atoms with Crippen LogP contribution in [0.2, 0.25) is 5.02 Å². The van der Waals surface area contributed by atoms with E-state index in [1.54, 1.807) is 24.3 Å². The number of carbonyl (C=O) groups excluding carboxylic acids is 1. The summed E-state index contributed by atoms with van der Waals surface area (Å²) in [7, 11) is 0. The van der Waals surface area contributed by atoms with E-state index in [9.17, 15) is 9.90 Å². The van der Waals surface area contributed by atoms with Crippen LogP contribution in [-0.4, -0.2) is 16.1 Å². The molecule has 18 heavy (non-hydrogen) atoms. The summed E-state index contributed by atoms with van der Waals surface area (Å²) in [5, 5.41) is 21.8. The minimum atomic E-state index is -0.477. The number of aromatic hydroxyl groups is 2. The molecule has 2 aromatic rings. The van der Waals surface area contributed by atoms with Crippen molar-refractivity contribution in [3.05, 3.63) is 53.1 Å². The molecular weight excluding hydrogens is 254 g/mol. The van der Waals surface area contributed by atoms with E-state index in [0.29, 0.717) is 10.7 Å². The zero-order valence-corrected chi connectivity index (χ0v) is 9.98. The summed E-state index contributed by atoms with van der Waals surface area (Å²) < 4.78 is 0. The van der Waals surface area contributed by atoms with Crippen LogP contribution in [0.25, 0.3) is 0 Å². The zero-order valence-electron chi connectivity index (χ0n) is 9.22. The third kappa shape index (κ3) is 2.73. The number of anilines is 1. The molecule has 1 amide bonds. The molecule has 5 heteroatoms. The van der Waals surface area contributed by atoms with Gasteiger partial charge in [-0.3, -0.25) is 4.79 Å². The van der Waals surface area contributed by atoms with Gasteiger partial charge in [-0.05, 0) is 30.3 Å². The normalized spacial score (nSPS) is 10.1. The van der Waals surface area contributed by atoms with Crippen LogP contribution in [0.15, 0.2) is 42.5 Å². The first kappa shape index (κ1) is 12.3. The van der Waals surface area contributed by atoms with Gasteiger partial charge in [-0.15, -0.1) is 0 Å². The number of phenolic OH excluding ortho intramolecular Hbond substituents is 2. The Kier molecular flexibility index (Phi) is 3.39. The van der Waals surface area contributed by atoms with Crippen molar-refractivity contribution in [1.29, 1.82) is 0 Å². The fourth-order valence-corrected chi connectivity index (χ4v) is 1.67. The van der Waals surface area contributed by atoms with Crippen LogP contribution in [0.4, 0.5) is 5.69 Å². The Morgan fingerprint density at radius 3 is 2.56 bits per heavy atom. The molecule has 3 N–H and O–H groups in total. The second kappa shape index (κ2) is 4.98. The van der Waals surface area contributed by atoms with Gasteiger partial charge in [0.05, 0.1) is 5.56 Å². The van der Waals surface area contributed by atoms with Gasteiger partial charge in [-0.2, -0.15) is 0 Å². The van der Waals surface area contributed by atoms with Crippen molar-refractivity contribution in [2.45, 2.75) is 0 Å². The molecule has 0 radical (unpaired) electrons. The lowest BCUT2D eigenvalue weighted by molar-refractivity contribution is 0.102. The lowest BCUT2D eigenvalue weighted by atomic mass is 10.1. The molecule has 2 aromatic carbocycles. The number of amides is 1. The van der Waals surface area contributed by atoms with E-state index >= 15 is 0 Å². The summed E-state index contributed by atoms with van der Waals surface area (Å²) in [6, 6.07) is 10.4. The molecule has 0 aliphatic carbocycles. The average molecular weight is 264 g/mol. The van der Waals surface area contributed by atoms with E-state index in [2.05, 4.69) is 5.32 Å². The Morgan fingerprint density at radius 2 is 1.89 bits per heavy atom. The number of rotatable bonds is 2. The smallest absolute Gasteiger partial charge is 0.259 e. The number of benzene rings is 2. The number of hydrogen-bond acceptors (Lipinski definition) is 3. The lowest BCUT2D eigenvalue weighted by Gasteiger charge is -2.07. The molecule has 2 rings (SSSR count). The highest BCUT2D eigenvalue weighted by atomic mass is 35.5. The molecule has 4 nitrogen and oxygen atoms in total. The van der Waals surface area contributed by atoms with Gasteiger partial charge in [0.2, 0.25) is 0 Å². The third-order valence-corrected chi connectivity index (χ3v) is 2.54. The van der Waals surface area contributed by atoms with Crippen molar-refractivity contribution in [3.63, 3.8) is 0 Å². The van der Waals surface area contributed by atoms with Gasteiger partial charge >= 0.3 is 0 Å². The van der Waals surface area contributed by atoms with Crippen LogP contribution < -0.4 is 5.32 Å². The van der Waals surface area contributed by atoms with Crippen molar-refractivity contribution in [3.8, 4) is 11.5 Å². The summed E-state index contributed by atoms with van der Waals surface area (Å²) in [4.78, 5) is 11.9. The largest absolute Gasteiger partial charge is 0.508 e. The number of nitrogens with one attached hydrogen (secondary N) is 1. The maximum absolute atomic E-state index is 11.9. The first-order chi connectivity index (χ1) is 8.56. The van der Waals surface area contributed by atoms with Crippen LogP contribution in [0.1, 0.15) is 10.4 Å². The highest BCUT2D eigenvalue weighted by Gasteiger charge is 2.11. The van der Waals surface area contributed by atoms with Crippen molar-refractivity contribution in [2.24, 2.45) is 0 Å². The first-order valence-corrected chi connectivity index (χ1v) is 5.53. The van der Waals surface area contributed by atoms with Crippen molar-refractivity contribution < 1.29 is 15.0 Å². The van der Waals surface area contributed by atoms with Crippen molar-refractivity contribution in [2.75, 3.05) is 5.32 Å². The Hall–Kier alpha value is -2.20. The molecule has 0 atom stereocenters. The second-order valence-corrected chi connectivity index (χ2v) is 4.10. The molecular formula is C13H10ClNO3. The van der Waals surface area contributed by atoms with Gasteiger partial charge in [-0.25, -0.2) is 0 Å². The number of phenols is 2. The highest BCUT2D eigenvalue weighted by Crippen LogP contribution is 2.24. The summed E-state index contributed by atoms with van der Waals surface area (Å²) in [6.45, 7) is 0. The number of halogens is 1. The van der Waals surface area contributed by atoms with E-state index < -0.39 is 5.91 Å². The van der Waals surface area contributed by atoms with Gasteiger partial charge in [-0.1, -0.05) is 17.7 Å². The molecule has 0 aliphatic rings. The van der Waals surface area contributed by atoms with E-state index in [0.717, 1.165) is 6.07 Å². The Labute approximate surface area is 108 Å². The van der Waals surface area contributed by atoms with E-state index in [1.165, 1.54) is 12.1 Å². The van der Waals surface area contributed by atoms with Crippen LogP contribution in [0.5, 0.6) is 11.5 Å². The first-order valence-electron chi connectivity index (χ1n) is 5.15. The summed E-state index contributed by atoms with van der Waals surface area (Å²) in [5.74, 6) is -0.865. The molecule has 0 aliphatic heterocycles. The van der Waals surface area contributed by atoms with E-state index in [-0.39, 0.29) is 17.1 Å². The molecule has 0 unspecified atom stereocenters. The van der Waals surface area contributed by atoms with Gasteiger partial charge in [0.1, 0.15) is 11.5 Å². The van der Waals surface area contributed by atoms with Crippen LogP contribution in [0.3, 0.4) is 0 Å². The molecule has 0 spiro atoms. The monoisotopic (exact) mass is 263 g/mol. The van der Waals surface area contributed by atoms with Crippen LogP contribution in [0, 0.1) is 0 Å². The highest BCUT2D eigenvalue weighted by molar-refractivity contribution is 6.31. The summed E-state index contributed by atoms with van der Waals surface area (Å²) >= 11 is 5.79. The Bertz CT molecular complexity index is 599.